The van der Waals surface area contributed by atoms with E-state index in [1.165, 1.54) is 6.42 Å². The summed E-state index contributed by atoms with van der Waals surface area (Å²) in [5, 5.41) is 10.6. The molecule has 0 aromatic heterocycles. The predicted molar refractivity (Wildman–Crippen MR) is 75.6 cm³/mol. The molecule has 0 radical (unpaired) electrons. The van der Waals surface area contributed by atoms with Gasteiger partial charge in [0.1, 0.15) is 0 Å². The van der Waals surface area contributed by atoms with Gasteiger partial charge in [0.25, 0.3) is 0 Å². The Morgan fingerprint density at radius 3 is 2.84 bits per heavy atom. The molecule has 0 bridgehead atoms. The van der Waals surface area contributed by atoms with Crippen molar-refractivity contribution >= 4 is 5.91 Å². The van der Waals surface area contributed by atoms with E-state index in [0.717, 1.165) is 38.6 Å². The first kappa shape index (κ1) is 14.8. The fourth-order valence-electron chi connectivity index (χ4n) is 3.38. The molecule has 4 heteroatoms. The lowest BCUT2D eigenvalue weighted by atomic mass is 9.71. The third kappa shape index (κ3) is 3.69. The summed E-state index contributed by atoms with van der Waals surface area (Å²) in [7, 11) is 0. The van der Waals surface area contributed by atoms with Gasteiger partial charge in [-0.2, -0.15) is 0 Å². The molecule has 1 heterocycles. The molecule has 0 aromatic carbocycles. The number of likely N-dealkylation sites (tertiary alicyclic amines) is 1. The first-order valence-electron chi connectivity index (χ1n) is 7.59. The number of rotatable bonds is 3. The van der Waals surface area contributed by atoms with Gasteiger partial charge in [0.15, 0.2) is 0 Å². The summed E-state index contributed by atoms with van der Waals surface area (Å²) in [6.45, 7) is 5.35. The van der Waals surface area contributed by atoms with Crippen molar-refractivity contribution in [1.29, 1.82) is 0 Å². The minimum Gasteiger partial charge on any atom is -0.389 e. The summed E-state index contributed by atoms with van der Waals surface area (Å²) in [6.07, 6.45) is 6.27. The highest BCUT2D eigenvalue weighted by Crippen LogP contribution is 2.39. The molecule has 1 aliphatic heterocycles. The normalized spacial score (nSPS) is 32.0. The number of hydrogen-bond donors (Lipinski definition) is 2. The summed E-state index contributed by atoms with van der Waals surface area (Å²) in [6, 6.07) is 0. The number of carbonyl (C=O) groups excluding carboxylic acids is 1. The second kappa shape index (κ2) is 5.41. The van der Waals surface area contributed by atoms with Crippen LogP contribution in [0.4, 0.5) is 0 Å². The van der Waals surface area contributed by atoms with Crippen LogP contribution in [-0.2, 0) is 4.79 Å². The zero-order valence-electron chi connectivity index (χ0n) is 12.3. The Morgan fingerprint density at radius 2 is 2.16 bits per heavy atom. The Kier molecular flexibility index (Phi) is 4.21. The fourth-order valence-corrected chi connectivity index (χ4v) is 3.38. The van der Waals surface area contributed by atoms with Crippen molar-refractivity contribution in [2.75, 3.05) is 13.1 Å². The van der Waals surface area contributed by atoms with Crippen molar-refractivity contribution in [2.24, 2.45) is 11.7 Å². The van der Waals surface area contributed by atoms with E-state index in [1.54, 1.807) is 0 Å². The average Bonchev–Trinajstić information content (AvgIpc) is 2.34. The highest BCUT2D eigenvalue weighted by Gasteiger charge is 2.43. The maximum absolute atomic E-state index is 12.2. The number of aliphatic hydroxyl groups is 1. The Hall–Kier alpha value is -0.610. The number of nitrogens with two attached hydrogens (primary N) is 1. The van der Waals surface area contributed by atoms with E-state index in [0.29, 0.717) is 13.0 Å². The predicted octanol–water partition coefficient (Wildman–Crippen LogP) is 1.66. The lowest BCUT2D eigenvalue weighted by molar-refractivity contribution is -0.143. The van der Waals surface area contributed by atoms with Crippen LogP contribution in [0.5, 0.6) is 0 Å². The molecule has 2 aliphatic rings. The van der Waals surface area contributed by atoms with Crippen LogP contribution >= 0.6 is 0 Å². The van der Waals surface area contributed by atoms with E-state index in [-0.39, 0.29) is 17.4 Å². The maximum atomic E-state index is 12.2. The van der Waals surface area contributed by atoms with Gasteiger partial charge in [-0.05, 0) is 39.5 Å². The molecule has 1 aliphatic carbocycles. The number of hydrogen-bond acceptors (Lipinski definition) is 3. The van der Waals surface area contributed by atoms with Crippen LogP contribution in [0.3, 0.4) is 0 Å². The maximum Gasteiger partial charge on any atom is 0.222 e. The summed E-state index contributed by atoms with van der Waals surface area (Å²) in [5.41, 5.74) is 5.15. The third-order valence-corrected chi connectivity index (χ3v) is 4.76. The molecule has 0 aromatic rings. The average molecular weight is 268 g/mol. The molecule has 0 spiro atoms. The zero-order chi connectivity index (χ0) is 14.1. The Morgan fingerprint density at radius 1 is 1.42 bits per heavy atom. The van der Waals surface area contributed by atoms with Gasteiger partial charge in [-0.1, -0.05) is 12.8 Å². The van der Waals surface area contributed by atoms with E-state index < -0.39 is 5.60 Å². The van der Waals surface area contributed by atoms with Gasteiger partial charge in [0, 0.05) is 31.0 Å². The van der Waals surface area contributed by atoms with Crippen molar-refractivity contribution in [1.82, 2.24) is 4.90 Å². The molecule has 110 valence electrons. The minimum atomic E-state index is -0.498. The standard InChI is InChI=1S/C15H28N2O2/c1-14(2,16)8-6-13(18)17-10-9-15(19)7-4-3-5-12(15)11-17/h12,19H,3-11,16H2,1-2H3. The van der Waals surface area contributed by atoms with Gasteiger partial charge < -0.3 is 15.7 Å². The van der Waals surface area contributed by atoms with E-state index >= 15 is 0 Å². The molecule has 2 atom stereocenters. The van der Waals surface area contributed by atoms with E-state index in [9.17, 15) is 9.90 Å². The number of amides is 1. The quantitative estimate of drug-likeness (QED) is 0.818. The molecule has 2 unspecified atom stereocenters. The summed E-state index contributed by atoms with van der Waals surface area (Å²) in [4.78, 5) is 14.2. The van der Waals surface area contributed by atoms with Gasteiger partial charge in [0.05, 0.1) is 5.60 Å². The highest BCUT2D eigenvalue weighted by molar-refractivity contribution is 5.76. The van der Waals surface area contributed by atoms with Crippen LogP contribution in [0.2, 0.25) is 0 Å². The van der Waals surface area contributed by atoms with Crippen molar-refractivity contribution < 1.29 is 9.90 Å². The highest BCUT2D eigenvalue weighted by atomic mass is 16.3. The van der Waals surface area contributed by atoms with Gasteiger partial charge in [-0.3, -0.25) is 4.79 Å². The van der Waals surface area contributed by atoms with Crippen LogP contribution in [0.25, 0.3) is 0 Å². The topological polar surface area (TPSA) is 66.6 Å². The number of fused-ring (bicyclic) bond motifs is 1. The monoisotopic (exact) mass is 268 g/mol. The van der Waals surface area contributed by atoms with Crippen molar-refractivity contribution in [3.05, 3.63) is 0 Å². The first-order valence-corrected chi connectivity index (χ1v) is 7.59. The number of piperidine rings is 1. The second-order valence-electron chi connectivity index (χ2n) is 7.12. The Bertz CT molecular complexity index is 338. The first-order chi connectivity index (χ1) is 8.80. The zero-order valence-corrected chi connectivity index (χ0v) is 12.3. The molecule has 1 amide bonds. The SMILES string of the molecule is CC(C)(N)CCC(=O)N1CCC2(O)CCCCC2C1. The molecule has 19 heavy (non-hydrogen) atoms. The van der Waals surface area contributed by atoms with Crippen molar-refractivity contribution in [3.63, 3.8) is 0 Å². The number of carbonyl (C=O) groups is 1. The molecule has 3 N–H and O–H groups in total. The number of nitrogens with zero attached hydrogens (tertiary/aromatic N) is 1. The van der Waals surface area contributed by atoms with Crippen LogP contribution in [-0.4, -0.2) is 40.1 Å². The van der Waals surface area contributed by atoms with E-state index in [1.807, 2.05) is 18.7 Å². The van der Waals surface area contributed by atoms with Crippen LogP contribution in [0.15, 0.2) is 0 Å². The Labute approximate surface area is 116 Å². The lowest BCUT2D eigenvalue weighted by Crippen LogP contribution is -2.54. The second-order valence-corrected chi connectivity index (χ2v) is 7.12. The van der Waals surface area contributed by atoms with Gasteiger partial charge in [-0.15, -0.1) is 0 Å². The smallest absolute Gasteiger partial charge is 0.222 e. The van der Waals surface area contributed by atoms with Gasteiger partial charge >= 0.3 is 0 Å². The summed E-state index contributed by atoms with van der Waals surface area (Å²) in [5.74, 6) is 0.482. The molecular formula is C15H28N2O2. The molecule has 2 fully saturated rings. The fraction of sp³-hybridized carbons (Fsp3) is 0.933. The molecule has 2 rings (SSSR count). The summed E-state index contributed by atoms with van der Waals surface area (Å²) >= 11 is 0. The van der Waals surface area contributed by atoms with E-state index in [2.05, 4.69) is 0 Å². The van der Waals surface area contributed by atoms with E-state index in [4.69, 9.17) is 5.73 Å². The molecular weight excluding hydrogens is 240 g/mol. The largest absolute Gasteiger partial charge is 0.389 e. The molecule has 4 nitrogen and oxygen atoms in total. The lowest BCUT2D eigenvalue weighted by Gasteiger charge is -2.47. The summed E-state index contributed by atoms with van der Waals surface area (Å²) < 4.78 is 0. The third-order valence-electron chi connectivity index (χ3n) is 4.76. The van der Waals surface area contributed by atoms with Gasteiger partial charge in [0.2, 0.25) is 5.91 Å². The minimum absolute atomic E-state index is 0.200. The van der Waals surface area contributed by atoms with Crippen LogP contribution in [0, 0.1) is 5.92 Å². The Balaban J connectivity index is 1.88. The van der Waals surface area contributed by atoms with Crippen LogP contribution < -0.4 is 5.73 Å². The molecule has 1 saturated carbocycles. The van der Waals surface area contributed by atoms with Crippen molar-refractivity contribution in [2.45, 2.75) is 69.9 Å². The molecule has 1 saturated heterocycles. The van der Waals surface area contributed by atoms with Gasteiger partial charge in [-0.25, -0.2) is 0 Å². The van der Waals surface area contributed by atoms with Crippen molar-refractivity contribution in [3.8, 4) is 0 Å². The van der Waals surface area contributed by atoms with Crippen LogP contribution in [0.1, 0.15) is 58.8 Å².